The van der Waals surface area contributed by atoms with Gasteiger partial charge >= 0.3 is 0 Å². The fraction of sp³-hybridized carbons (Fsp3) is 0.500. The molecule has 0 spiro atoms. The summed E-state index contributed by atoms with van der Waals surface area (Å²) in [6.07, 6.45) is 4.05. The first-order valence-electron chi connectivity index (χ1n) is 6.39. The molecule has 0 heterocycles. The minimum absolute atomic E-state index is 0.0945. The zero-order valence-electron chi connectivity index (χ0n) is 10.6. The van der Waals surface area contributed by atoms with Gasteiger partial charge in [0.05, 0.1) is 23.1 Å². The number of nitrogens with zero attached hydrogens (tertiary/aromatic N) is 1. The van der Waals surface area contributed by atoms with Gasteiger partial charge in [-0.2, -0.15) is 5.26 Å². The summed E-state index contributed by atoms with van der Waals surface area (Å²) in [5, 5.41) is 8.76. The molecule has 1 aliphatic rings. The maximum absolute atomic E-state index is 13.6. The molecule has 0 N–H and O–H groups in total. The van der Waals surface area contributed by atoms with Gasteiger partial charge in [-0.15, -0.1) is 0 Å². The van der Waals surface area contributed by atoms with Crippen LogP contribution in [0, 0.1) is 23.1 Å². The smallest absolute Gasteiger partial charge is 0.154 e. The van der Waals surface area contributed by atoms with Crippen LogP contribution in [0.1, 0.15) is 36.8 Å². The lowest BCUT2D eigenvalue weighted by Gasteiger charge is -2.10. The lowest BCUT2D eigenvalue weighted by molar-refractivity contribution is 0.555. The minimum atomic E-state index is -3.31. The fourth-order valence-corrected chi connectivity index (χ4v) is 4.45. The van der Waals surface area contributed by atoms with Crippen molar-refractivity contribution in [3.8, 4) is 6.07 Å². The number of benzene rings is 1. The summed E-state index contributed by atoms with van der Waals surface area (Å²) in [5.74, 6) is -0.533. The van der Waals surface area contributed by atoms with E-state index in [0.717, 1.165) is 31.7 Å². The summed E-state index contributed by atoms with van der Waals surface area (Å²) in [5.41, 5.74) is 0.379. The van der Waals surface area contributed by atoms with Crippen molar-refractivity contribution in [2.45, 2.75) is 31.4 Å². The molecule has 19 heavy (non-hydrogen) atoms. The average molecular weight is 281 g/mol. The summed E-state index contributed by atoms with van der Waals surface area (Å²) in [6, 6.07) is 5.71. The van der Waals surface area contributed by atoms with E-state index >= 15 is 0 Å². The minimum Gasteiger partial charge on any atom is -0.228 e. The van der Waals surface area contributed by atoms with E-state index in [1.165, 1.54) is 12.1 Å². The summed E-state index contributed by atoms with van der Waals surface area (Å²) in [6.45, 7) is 0. The summed E-state index contributed by atoms with van der Waals surface area (Å²) >= 11 is 0. The first-order valence-corrected chi connectivity index (χ1v) is 8.21. The van der Waals surface area contributed by atoms with E-state index in [0.29, 0.717) is 0 Å². The van der Waals surface area contributed by atoms with Gasteiger partial charge in [0.15, 0.2) is 9.84 Å². The van der Waals surface area contributed by atoms with Gasteiger partial charge in [-0.25, -0.2) is 12.8 Å². The number of halogens is 1. The van der Waals surface area contributed by atoms with Gasteiger partial charge in [-0.05, 0) is 37.0 Å². The molecule has 0 saturated heterocycles. The Balaban J connectivity index is 2.13. The van der Waals surface area contributed by atoms with Crippen LogP contribution in [0.4, 0.5) is 4.39 Å². The van der Waals surface area contributed by atoms with Gasteiger partial charge in [-0.1, -0.05) is 12.8 Å². The number of hydrogen-bond donors (Lipinski definition) is 0. The van der Waals surface area contributed by atoms with Crippen LogP contribution in [0.3, 0.4) is 0 Å². The molecule has 1 fully saturated rings. The second-order valence-electron chi connectivity index (χ2n) is 5.12. The molecule has 2 rings (SSSR count). The molecule has 0 unspecified atom stereocenters. The largest absolute Gasteiger partial charge is 0.228 e. The number of nitriles is 1. The van der Waals surface area contributed by atoms with Crippen LogP contribution in [-0.4, -0.2) is 14.2 Å². The van der Waals surface area contributed by atoms with Crippen molar-refractivity contribution < 1.29 is 12.8 Å². The second-order valence-corrected chi connectivity index (χ2v) is 7.23. The first kappa shape index (κ1) is 14.0. The summed E-state index contributed by atoms with van der Waals surface area (Å²) in [4.78, 5) is 0. The SMILES string of the molecule is N#Cc1ccc(F)c(CS(=O)(=O)CC2CCCC2)c1. The number of rotatable bonds is 4. The molecular weight excluding hydrogens is 265 g/mol. The van der Waals surface area contributed by atoms with Crippen LogP contribution in [0.25, 0.3) is 0 Å². The topological polar surface area (TPSA) is 57.9 Å². The van der Waals surface area contributed by atoms with Crippen molar-refractivity contribution in [2.24, 2.45) is 5.92 Å². The Bertz CT molecular complexity index is 598. The molecule has 1 aliphatic carbocycles. The van der Waals surface area contributed by atoms with Gasteiger partial charge in [0.1, 0.15) is 5.82 Å². The van der Waals surface area contributed by atoms with Crippen molar-refractivity contribution in [3.63, 3.8) is 0 Å². The van der Waals surface area contributed by atoms with Crippen molar-refractivity contribution in [3.05, 3.63) is 35.1 Å². The highest BCUT2D eigenvalue weighted by Gasteiger charge is 2.23. The van der Waals surface area contributed by atoms with Crippen LogP contribution in [-0.2, 0) is 15.6 Å². The van der Waals surface area contributed by atoms with Gasteiger partial charge in [0.2, 0.25) is 0 Å². The molecule has 1 aromatic carbocycles. The third kappa shape index (κ3) is 3.77. The van der Waals surface area contributed by atoms with Crippen molar-refractivity contribution >= 4 is 9.84 Å². The lowest BCUT2D eigenvalue weighted by Crippen LogP contribution is -2.16. The normalized spacial score (nSPS) is 16.4. The highest BCUT2D eigenvalue weighted by atomic mass is 32.2. The van der Waals surface area contributed by atoms with Crippen LogP contribution in [0.2, 0.25) is 0 Å². The molecule has 0 aliphatic heterocycles. The Morgan fingerprint density at radius 1 is 1.32 bits per heavy atom. The van der Waals surface area contributed by atoms with Crippen molar-refractivity contribution in [2.75, 3.05) is 5.75 Å². The molecule has 1 saturated carbocycles. The quantitative estimate of drug-likeness (QED) is 0.852. The van der Waals surface area contributed by atoms with Crippen LogP contribution in [0.5, 0.6) is 0 Å². The predicted molar refractivity (Wildman–Crippen MR) is 70.6 cm³/mol. The van der Waals surface area contributed by atoms with Gasteiger partial charge in [0.25, 0.3) is 0 Å². The highest BCUT2D eigenvalue weighted by molar-refractivity contribution is 7.90. The van der Waals surface area contributed by atoms with E-state index in [-0.39, 0.29) is 28.6 Å². The molecule has 0 amide bonds. The lowest BCUT2D eigenvalue weighted by atomic mass is 10.1. The third-order valence-electron chi connectivity index (χ3n) is 3.51. The van der Waals surface area contributed by atoms with E-state index in [4.69, 9.17) is 5.26 Å². The molecule has 0 radical (unpaired) electrons. The van der Waals surface area contributed by atoms with Crippen LogP contribution >= 0.6 is 0 Å². The van der Waals surface area contributed by atoms with E-state index in [1.54, 1.807) is 0 Å². The molecule has 5 heteroatoms. The number of sulfone groups is 1. The highest BCUT2D eigenvalue weighted by Crippen LogP contribution is 2.27. The monoisotopic (exact) mass is 281 g/mol. The zero-order chi connectivity index (χ0) is 13.9. The Morgan fingerprint density at radius 3 is 2.63 bits per heavy atom. The maximum Gasteiger partial charge on any atom is 0.154 e. The first-order chi connectivity index (χ1) is 9.00. The molecule has 102 valence electrons. The average Bonchev–Trinajstić information content (AvgIpc) is 2.83. The van der Waals surface area contributed by atoms with Crippen LogP contribution < -0.4 is 0 Å². The zero-order valence-corrected chi connectivity index (χ0v) is 11.4. The van der Waals surface area contributed by atoms with E-state index < -0.39 is 15.7 Å². The summed E-state index contributed by atoms with van der Waals surface area (Å²) < 4.78 is 37.7. The second kappa shape index (κ2) is 5.70. The van der Waals surface area contributed by atoms with E-state index in [2.05, 4.69) is 0 Å². The number of hydrogen-bond acceptors (Lipinski definition) is 3. The summed E-state index contributed by atoms with van der Waals surface area (Å²) in [7, 11) is -3.31. The maximum atomic E-state index is 13.6. The molecule has 1 aromatic rings. The predicted octanol–water partition coefficient (Wildman–Crippen LogP) is 2.80. The molecule has 3 nitrogen and oxygen atoms in total. The van der Waals surface area contributed by atoms with Crippen molar-refractivity contribution in [1.82, 2.24) is 0 Å². The van der Waals surface area contributed by atoms with E-state index in [1.807, 2.05) is 6.07 Å². The Labute approximate surface area is 113 Å². The fourth-order valence-electron chi connectivity index (χ4n) is 2.59. The third-order valence-corrected chi connectivity index (χ3v) is 5.24. The van der Waals surface area contributed by atoms with Gasteiger partial charge in [-0.3, -0.25) is 0 Å². The van der Waals surface area contributed by atoms with Crippen LogP contribution in [0.15, 0.2) is 18.2 Å². The van der Waals surface area contributed by atoms with Gasteiger partial charge < -0.3 is 0 Å². The molecule has 0 bridgehead atoms. The standard InChI is InChI=1S/C14H16FNO2S/c15-14-6-5-12(8-16)7-13(14)10-19(17,18)9-11-3-1-2-4-11/h5-7,11H,1-4,9-10H2. The van der Waals surface area contributed by atoms with Gasteiger partial charge in [0, 0.05) is 5.56 Å². The molecule has 0 atom stereocenters. The Hall–Kier alpha value is -1.41. The van der Waals surface area contributed by atoms with Crippen molar-refractivity contribution in [1.29, 1.82) is 5.26 Å². The van der Waals surface area contributed by atoms with E-state index in [9.17, 15) is 12.8 Å². The molecular formula is C14H16FNO2S. The Kier molecular flexibility index (Phi) is 4.20. The molecule has 0 aromatic heterocycles. The Morgan fingerprint density at radius 2 is 2.00 bits per heavy atom.